The van der Waals surface area contributed by atoms with Gasteiger partial charge in [-0.2, -0.15) is 0 Å². The van der Waals surface area contributed by atoms with E-state index in [0.29, 0.717) is 19.4 Å². The molecule has 1 aromatic rings. The summed E-state index contributed by atoms with van der Waals surface area (Å²) in [5.41, 5.74) is 0.798. The monoisotopic (exact) mass is 365 g/mol. The largest absolute Gasteiger partial charge is 0.464 e. The topological polar surface area (TPSA) is 84.1 Å². The Kier molecular flexibility index (Phi) is 12.2. The maximum absolute atomic E-state index is 12.2. The van der Waals surface area contributed by atoms with E-state index in [1.807, 2.05) is 0 Å². The van der Waals surface area contributed by atoms with Crippen molar-refractivity contribution >= 4 is 11.9 Å². The molecule has 2 N–H and O–H groups in total. The Morgan fingerprint density at radius 1 is 1.08 bits per heavy atom. The van der Waals surface area contributed by atoms with Crippen LogP contribution in [0.15, 0.2) is 12.5 Å². The van der Waals surface area contributed by atoms with E-state index in [1.54, 1.807) is 19.4 Å². The third-order valence-corrected chi connectivity index (χ3v) is 4.39. The van der Waals surface area contributed by atoms with Gasteiger partial charge in [0.05, 0.1) is 12.9 Å². The lowest BCUT2D eigenvalue weighted by Gasteiger charge is -2.16. The molecule has 0 saturated heterocycles. The maximum Gasteiger partial charge on any atom is 0.329 e. The Bertz CT molecular complexity index is 489. The molecule has 0 aliphatic heterocycles. The summed E-state index contributed by atoms with van der Waals surface area (Å²) in [5, 5.41) is 2.80. The summed E-state index contributed by atoms with van der Waals surface area (Å²) in [4.78, 5) is 31.1. The van der Waals surface area contributed by atoms with E-state index in [0.717, 1.165) is 18.5 Å². The molecule has 0 spiro atoms. The van der Waals surface area contributed by atoms with Crippen LogP contribution in [-0.2, 0) is 20.7 Å². The van der Waals surface area contributed by atoms with Crippen molar-refractivity contribution in [3.63, 3.8) is 0 Å². The van der Waals surface area contributed by atoms with Crippen molar-refractivity contribution in [2.75, 3.05) is 6.61 Å². The van der Waals surface area contributed by atoms with Crippen molar-refractivity contribution in [3.05, 3.63) is 18.2 Å². The first-order chi connectivity index (χ1) is 12.7. The quantitative estimate of drug-likeness (QED) is 0.364. The fraction of sp³-hybridized carbons (Fsp3) is 0.750. The van der Waals surface area contributed by atoms with Crippen molar-refractivity contribution < 1.29 is 14.3 Å². The Hall–Kier alpha value is -1.85. The van der Waals surface area contributed by atoms with Gasteiger partial charge in [0.15, 0.2) is 0 Å². The van der Waals surface area contributed by atoms with Crippen molar-refractivity contribution in [1.29, 1.82) is 0 Å². The number of aromatic nitrogens is 2. The summed E-state index contributed by atoms with van der Waals surface area (Å²) in [5.74, 6) is -0.493. The number of nitrogens with zero attached hydrogens (tertiary/aromatic N) is 1. The zero-order valence-corrected chi connectivity index (χ0v) is 16.4. The Labute approximate surface area is 157 Å². The first-order valence-electron chi connectivity index (χ1n) is 10.1. The lowest BCUT2D eigenvalue weighted by atomic mass is 10.1. The number of H-pyrrole nitrogens is 1. The van der Waals surface area contributed by atoms with E-state index < -0.39 is 12.0 Å². The van der Waals surface area contributed by atoms with Crippen LogP contribution in [0, 0.1) is 0 Å². The Morgan fingerprint density at radius 3 is 2.31 bits per heavy atom. The third kappa shape index (κ3) is 10.2. The SMILES string of the molecule is CCCCCCCCCCCC(=O)N[C@@H](Cc1cnc[nH]1)C(=O)OCC. The van der Waals surface area contributed by atoms with Crippen LogP contribution in [0.5, 0.6) is 0 Å². The fourth-order valence-corrected chi connectivity index (χ4v) is 2.92. The fourth-order valence-electron chi connectivity index (χ4n) is 2.92. The predicted molar refractivity (Wildman–Crippen MR) is 103 cm³/mol. The molecule has 6 heteroatoms. The summed E-state index contributed by atoms with van der Waals surface area (Å²) < 4.78 is 5.06. The predicted octanol–water partition coefficient (Wildman–Crippen LogP) is 3.92. The molecule has 0 unspecified atom stereocenters. The van der Waals surface area contributed by atoms with Gasteiger partial charge >= 0.3 is 5.97 Å². The van der Waals surface area contributed by atoms with Crippen molar-refractivity contribution in [1.82, 2.24) is 15.3 Å². The minimum absolute atomic E-state index is 0.0921. The molecule has 0 aliphatic rings. The lowest BCUT2D eigenvalue weighted by Crippen LogP contribution is -2.43. The van der Waals surface area contributed by atoms with E-state index in [-0.39, 0.29) is 5.91 Å². The van der Waals surface area contributed by atoms with Gasteiger partial charge in [0.2, 0.25) is 5.91 Å². The summed E-state index contributed by atoms with van der Waals surface area (Å²) in [6, 6.07) is -0.665. The molecule has 0 radical (unpaired) electrons. The first kappa shape index (κ1) is 22.2. The van der Waals surface area contributed by atoms with Gasteiger partial charge in [-0.15, -0.1) is 0 Å². The van der Waals surface area contributed by atoms with Gasteiger partial charge in [-0.05, 0) is 13.3 Å². The third-order valence-electron chi connectivity index (χ3n) is 4.39. The van der Waals surface area contributed by atoms with Crippen LogP contribution in [0.3, 0.4) is 0 Å². The molecule has 0 aromatic carbocycles. The molecule has 148 valence electrons. The van der Waals surface area contributed by atoms with Crippen LogP contribution in [0.2, 0.25) is 0 Å². The molecule has 26 heavy (non-hydrogen) atoms. The molecule has 0 aliphatic carbocycles. The first-order valence-corrected chi connectivity index (χ1v) is 10.1. The number of carbonyl (C=O) groups is 2. The van der Waals surface area contributed by atoms with Gasteiger partial charge in [-0.3, -0.25) is 4.79 Å². The van der Waals surface area contributed by atoms with Crippen LogP contribution in [0.1, 0.15) is 83.7 Å². The smallest absolute Gasteiger partial charge is 0.329 e. The van der Waals surface area contributed by atoms with Crippen LogP contribution < -0.4 is 5.32 Å². The van der Waals surface area contributed by atoms with Crippen molar-refractivity contribution in [3.8, 4) is 0 Å². The van der Waals surface area contributed by atoms with Crippen molar-refractivity contribution in [2.24, 2.45) is 0 Å². The lowest BCUT2D eigenvalue weighted by molar-refractivity contribution is -0.147. The minimum Gasteiger partial charge on any atom is -0.464 e. The average molecular weight is 366 g/mol. The van der Waals surface area contributed by atoms with Crippen LogP contribution in [-0.4, -0.2) is 34.5 Å². The molecular formula is C20H35N3O3. The number of unbranched alkanes of at least 4 members (excludes halogenated alkanes) is 8. The van der Waals surface area contributed by atoms with E-state index in [1.165, 1.54) is 44.9 Å². The van der Waals surface area contributed by atoms with E-state index >= 15 is 0 Å². The van der Waals surface area contributed by atoms with E-state index in [2.05, 4.69) is 22.2 Å². The summed E-state index contributed by atoms with van der Waals surface area (Å²) >= 11 is 0. The van der Waals surface area contributed by atoms with Gasteiger partial charge in [-0.25, -0.2) is 9.78 Å². The summed E-state index contributed by atoms with van der Waals surface area (Å²) in [6.45, 7) is 4.29. The highest BCUT2D eigenvalue weighted by Gasteiger charge is 2.22. The highest BCUT2D eigenvalue weighted by Crippen LogP contribution is 2.10. The molecule has 0 saturated carbocycles. The highest BCUT2D eigenvalue weighted by molar-refractivity contribution is 5.84. The summed E-state index contributed by atoms with van der Waals surface area (Å²) in [6.07, 6.45) is 14.9. The van der Waals surface area contributed by atoms with Gasteiger partial charge < -0.3 is 15.0 Å². The number of aromatic amines is 1. The maximum atomic E-state index is 12.2. The van der Waals surface area contributed by atoms with E-state index in [4.69, 9.17) is 4.74 Å². The second-order valence-corrected chi connectivity index (χ2v) is 6.73. The zero-order chi connectivity index (χ0) is 19.0. The second kappa shape index (κ2) is 14.3. The molecule has 1 amide bonds. The molecular weight excluding hydrogens is 330 g/mol. The van der Waals surface area contributed by atoms with Crippen LogP contribution >= 0.6 is 0 Å². The summed E-state index contributed by atoms with van der Waals surface area (Å²) in [7, 11) is 0. The van der Waals surface area contributed by atoms with E-state index in [9.17, 15) is 9.59 Å². The number of esters is 1. The zero-order valence-electron chi connectivity index (χ0n) is 16.4. The van der Waals surface area contributed by atoms with Crippen LogP contribution in [0.25, 0.3) is 0 Å². The Morgan fingerprint density at radius 2 is 1.73 bits per heavy atom. The normalized spacial score (nSPS) is 11.9. The number of nitrogens with one attached hydrogen (secondary N) is 2. The van der Waals surface area contributed by atoms with Gasteiger partial charge in [0.1, 0.15) is 6.04 Å². The molecule has 0 bridgehead atoms. The minimum atomic E-state index is -0.665. The molecule has 6 nitrogen and oxygen atoms in total. The van der Waals surface area contributed by atoms with Crippen LogP contribution in [0.4, 0.5) is 0 Å². The molecule has 1 rings (SSSR count). The van der Waals surface area contributed by atoms with Gasteiger partial charge in [0, 0.05) is 24.7 Å². The highest BCUT2D eigenvalue weighted by atomic mass is 16.5. The molecule has 0 fully saturated rings. The number of ether oxygens (including phenoxy) is 1. The average Bonchev–Trinajstić information content (AvgIpc) is 3.13. The second-order valence-electron chi connectivity index (χ2n) is 6.73. The van der Waals surface area contributed by atoms with Gasteiger partial charge in [0.25, 0.3) is 0 Å². The number of rotatable bonds is 15. The number of imidazole rings is 1. The van der Waals surface area contributed by atoms with Crippen molar-refractivity contribution in [2.45, 2.75) is 90.5 Å². The number of carbonyl (C=O) groups excluding carboxylic acids is 2. The number of amides is 1. The standard InChI is InChI=1S/C20H35N3O3/c1-3-5-6-7-8-9-10-11-12-13-19(24)23-18(20(25)26-4-2)14-17-15-21-16-22-17/h15-16,18H,3-14H2,1-2H3,(H,21,22)(H,23,24)/t18-/m0/s1. The number of hydrogen-bond acceptors (Lipinski definition) is 4. The number of hydrogen-bond donors (Lipinski definition) is 2. The molecule has 1 atom stereocenters. The molecule has 1 heterocycles. The van der Waals surface area contributed by atoms with Gasteiger partial charge in [-0.1, -0.05) is 58.3 Å². The Balaban J connectivity index is 2.21. The molecule has 1 aromatic heterocycles.